The molecule has 3 aromatic rings. The van der Waals surface area contributed by atoms with Crippen molar-refractivity contribution in [2.75, 3.05) is 0 Å². The Bertz CT molecular complexity index is 834. The highest BCUT2D eigenvalue weighted by Gasteiger charge is 2.14. The topological polar surface area (TPSA) is 63.8 Å². The van der Waals surface area contributed by atoms with Gasteiger partial charge in [0.1, 0.15) is 17.3 Å². The predicted molar refractivity (Wildman–Crippen MR) is 80.6 cm³/mol. The highest BCUT2D eigenvalue weighted by atomic mass is 35.5. The summed E-state index contributed by atoms with van der Waals surface area (Å²) in [6, 6.07) is 7.77. The Balaban J connectivity index is 2.24. The van der Waals surface area contributed by atoms with Crippen LogP contribution >= 0.6 is 11.6 Å². The summed E-state index contributed by atoms with van der Waals surface area (Å²) in [5.74, 6) is 0.164. The molecule has 0 aliphatic carbocycles. The molecule has 2 aromatic heterocycles. The quantitative estimate of drug-likeness (QED) is 0.754. The van der Waals surface area contributed by atoms with Crippen LogP contribution < -0.4 is 0 Å². The van der Waals surface area contributed by atoms with Crippen molar-refractivity contribution in [3.63, 3.8) is 0 Å². The zero-order chi connectivity index (χ0) is 15.7. The molecule has 1 N–H and O–H groups in total. The number of nitrogens with zero attached hydrogens (tertiary/aromatic N) is 4. The van der Waals surface area contributed by atoms with Crippen molar-refractivity contribution in [2.45, 2.75) is 6.61 Å². The van der Waals surface area contributed by atoms with Crippen molar-refractivity contribution >= 4 is 11.6 Å². The van der Waals surface area contributed by atoms with E-state index in [9.17, 15) is 9.50 Å². The molecule has 0 atom stereocenters. The van der Waals surface area contributed by atoms with E-state index in [1.807, 2.05) is 0 Å². The predicted octanol–water partition coefficient (Wildman–Crippen LogP) is 2.83. The average molecular weight is 319 g/mol. The van der Waals surface area contributed by atoms with Crippen molar-refractivity contribution in [3.8, 4) is 22.5 Å². The van der Waals surface area contributed by atoms with Gasteiger partial charge in [0.2, 0.25) is 0 Å². The number of benzene rings is 1. The van der Waals surface area contributed by atoms with Gasteiger partial charge in [0.25, 0.3) is 0 Å². The molecule has 0 spiro atoms. The number of pyridine rings is 1. The lowest BCUT2D eigenvalue weighted by Gasteiger charge is -2.11. The molecule has 2 heterocycles. The molecule has 0 saturated carbocycles. The van der Waals surface area contributed by atoms with Crippen LogP contribution in [0.5, 0.6) is 0 Å². The first-order chi connectivity index (χ1) is 10.6. The monoisotopic (exact) mass is 318 g/mol. The summed E-state index contributed by atoms with van der Waals surface area (Å²) >= 11 is 5.99. The zero-order valence-electron chi connectivity index (χ0n) is 11.7. The molecule has 0 amide bonds. The summed E-state index contributed by atoms with van der Waals surface area (Å²) in [5, 5.41) is 17.4. The molecule has 0 saturated heterocycles. The second kappa shape index (κ2) is 5.82. The normalized spacial score (nSPS) is 10.9. The first-order valence-corrected chi connectivity index (χ1v) is 6.88. The van der Waals surface area contributed by atoms with Crippen molar-refractivity contribution < 1.29 is 9.50 Å². The van der Waals surface area contributed by atoms with Crippen LogP contribution in [0.15, 0.2) is 36.7 Å². The smallest absolute Gasteiger partial charge is 0.164 e. The number of halogens is 2. The molecule has 22 heavy (non-hydrogen) atoms. The Labute approximate surface area is 131 Å². The average Bonchev–Trinajstić information content (AvgIpc) is 2.92. The van der Waals surface area contributed by atoms with Crippen molar-refractivity contribution in [1.29, 1.82) is 0 Å². The van der Waals surface area contributed by atoms with Gasteiger partial charge in [-0.05, 0) is 35.4 Å². The standard InChI is InChI=1S/C15H12ClFN4O/c1-21-8-18-20-15(21)13-6-10(17)2-3-12(13)9-4-11(7-22)19-14(16)5-9/h2-6,8,22H,7H2,1H3. The minimum atomic E-state index is -0.371. The molecule has 0 aliphatic rings. The van der Waals surface area contributed by atoms with Gasteiger partial charge in [-0.3, -0.25) is 0 Å². The van der Waals surface area contributed by atoms with Crippen molar-refractivity contribution in [1.82, 2.24) is 19.7 Å². The second-order valence-corrected chi connectivity index (χ2v) is 5.17. The lowest BCUT2D eigenvalue weighted by atomic mass is 9.99. The van der Waals surface area contributed by atoms with Gasteiger partial charge >= 0.3 is 0 Å². The number of rotatable bonds is 3. The molecule has 0 fully saturated rings. The summed E-state index contributed by atoms with van der Waals surface area (Å²) in [6.45, 7) is -0.228. The van der Waals surface area contributed by atoms with Gasteiger partial charge < -0.3 is 9.67 Å². The van der Waals surface area contributed by atoms with Crippen LogP contribution in [0.2, 0.25) is 5.15 Å². The van der Waals surface area contributed by atoms with E-state index in [0.717, 1.165) is 11.1 Å². The van der Waals surface area contributed by atoms with Crippen LogP contribution in [0.1, 0.15) is 5.69 Å². The summed E-state index contributed by atoms with van der Waals surface area (Å²) < 4.78 is 15.4. The lowest BCUT2D eigenvalue weighted by molar-refractivity contribution is 0.277. The van der Waals surface area contributed by atoms with E-state index in [0.29, 0.717) is 17.1 Å². The van der Waals surface area contributed by atoms with E-state index in [2.05, 4.69) is 15.2 Å². The molecule has 0 radical (unpaired) electrons. The number of aliphatic hydroxyl groups is 1. The SMILES string of the molecule is Cn1cnnc1-c1cc(F)ccc1-c1cc(Cl)nc(CO)c1. The van der Waals surface area contributed by atoms with E-state index in [1.165, 1.54) is 12.1 Å². The summed E-state index contributed by atoms with van der Waals surface area (Å²) in [7, 11) is 1.78. The van der Waals surface area contributed by atoms with Crippen LogP contribution in [-0.2, 0) is 13.7 Å². The van der Waals surface area contributed by atoms with Gasteiger partial charge in [-0.25, -0.2) is 9.37 Å². The Morgan fingerprint density at radius 2 is 2.05 bits per heavy atom. The maximum Gasteiger partial charge on any atom is 0.164 e. The lowest BCUT2D eigenvalue weighted by Crippen LogP contribution is -1.97. The van der Waals surface area contributed by atoms with Gasteiger partial charge in [0.05, 0.1) is 12.3 Å². The molecular weight excluding hydrogens is 307 g/mol. The van der Waals surface area contributed by atoms with Crippen LogP contribution in [0.3, 0.4) is 0 Å². The molecular formula is C15H12ClFN4O. The minimum absolute atomic E-state index is 0.228. The molecule has 3 rings (SSSR count). The molecule has 1 aromatic carbocycles. The fraction of sp³-hybridized carbons (Fsp3) is 0.133. The maximum absolute atomic E-state index is 13.7. The van der Waals surface area contributed by atoms with Gasteiger partial charge in [0.15, 0.2) is 5.82 Å². The van der Waals surface area contributed by atoms with E-state index in [-0.39, 0.29) is 17.6 Å². The fourth-order valence-electron chi connectivity index (χ4n) is 2.27. The van der Waals surface area contributed by atoms with E-state index < -0.39 is 0 Å². The maximum atomic E-state index is 13.7. The van der Waals surface area contributed by atoms with Crippen LogP contribution in [0.4, 0.5) is 4.39 Å². The molecule has 0 bridgehead atoms. The highest BCUT2D eigenvalue weighted by molar-refractivity contribution is 6.29. The molecule has 7 heteroatoms. The number of aromatic nitrogens is 4. The third-order valence-electron chi connectivity index (χ3n) is 3.25. The first-order valence-electron chi connectivity index (χ1n) is 6.50. The van der Waals surface area contributed by atoms with E-state index >= 15 is 0 Å². The van der Waals surface area contributed by atoms with E-state index in [4.69, 9.17) is 11.6 Å². The van der Waals surface area contributed by atoms with Crippen LogP contribution in [0, 0.1) is 5.82 Å². The summed E-state index contributed by atoms with van der Waals surface area (Å²) in [6.07, 6.45) is 1.54. The Hall–Kier alpha value is -2.31. The third-order valence-corrected chi connectivity index (χ3v) is 3.45. The molecule has 5 nitrogen and oxygen atoms in total. The highest BCUT2D eigenvalue weighted by Crippen LogP contribution is 2.32. The Kier molecular flexibility index (Phi) is 3.87. The largest absolute Gasteiger partial charge is 0.390 e. The van der Waals surface area contributed by atoms with E-state index in [1.54, 1.807) is 36.1 Å². The van der Waals surface area contributed by atoms with Gasteiger partial charge in [-0.15, -0.1) is 10.2 Å². The summed E-state index contributed by atoms with van der Waals surface area (Å²) in [4.78, 5) is 4.01. The van der Waals surface area contributed by atoms with Crippen LogP contribution in [-0.4, -0.2) is 24.9 Å². The first kappa shape index (κ1) is 14.6. The second-order valence-electron chi connectivity index (χ2n) is 4.78. The van der Waals surface area contributed by atoms with Crippen molar-refractivity contribution in [3.05, 3.63) is 53.3 Å². The minimum Gasteiger partial charge on any atom is -0.390 e. The van der Waals surface area contributed by atoms with Crippen LogP contribution in [0.25, 0.3) is 22.5 Å². The number of hydrogen-bond acceptors (Lipinski definition) is 4. The number of aryl methyl sites for hydroxylation is 1. The van der Waals surface area contributed by atoms with Gasteiger partial charge in [0, 0.05) is 12.6 Å². The molecule has 0 unspecified atom stereocenters. The molecule has 112 valence electrons. The number of aliphatic hydroxyl groups excluding tert-OH is 1. The third kappa shape index (κ3) is 2.70. The van der Waals surface area contributed by atoms with Gasteiger partial charge in [-0.2, -0.15) is 0 Å². The zero-order valence-corrected chi connectivity index (χ0v) is 12.4. The number of hydrogen-bond donors (Lipinski definition) is 1. The summed E-state index contributed by atoms with van der Waals surface area (Å²) in [5.41, 5.74) is 2.49. The van der Waals surface area contributed by atoms with Gasteiger partial charge in [-0.1, -0.05) is 17.7 Å². The Morgan fingerprint density at radius 1 is 1.23 bits per heavy atom. The van der Waals surface area contributed by atoms with Crippen molar-refractivity contribution in [2.24, 2.45) is 7.05 Å². The Morgan fingerprint density at radius 3 is 2.73 bits per heavy atom. The fourth-order valence-corrected chi connectivity index (χ4v) is 2.49. The molecule has 0 aliphatic heterocycles.